The molecule has 0 spiro atoms. The van der Waals surface area contributed by atoms with Gasteiger partial charge in [0, 0.05) is 0 Å². The highest BCUT2D eigenvalue weighted by atomic mass is 35.6. The first-order chi connectivity index (χ1) is 10.9. The topological polar surface area (TPSA) is 97.5 Å². The molecule has 0 bridgehead atoms. The van der Waals surface area contributed by atoms with Crippen molar-refractivity contribution in [3.8, 4) is 0 Å². The second-order valence-electron chi connectivity index (χ2n) is 5.64. The maximum Gasteiger partial charge on any atom is 0.408 e. The number of esters is 1. The highest BCUT2D eigenvalue weighted by Crippen LogP contribution is 2.54. The van der Waals surface area contributed by atoms with Crippen molar-refractivity contribution in [3.63, 3.8) is 0 Å². The number of hydrogen-bond acceptors (Lipinski definition) is 6. The van der Waals surface area contributed by atoms with Crippen molar-refractivity contribution in [2.24, 2.45) is 0 Å². The molecule has 2 amide bonds. The van der Waals surface area contributed by atoms with E-state index in [4.69, 9.17) is 51.1 Å². The first kappa shape index (κ1) is 19.7. The van der Waals surface area contributed by atoms with E-state index >= 15 is 0 Å². The quantitative estimate of drug-likeness (QED) is 0.242. The van der Waals surface area contributed by atoms with Gasteiger partial charge < -0.3 is 19.5 Å². The SMILES string of the molecule is COC(=O)C1(N2C(=O)C(NC(=O)OCC(Cl)(Cl)Cl)C2Cl)OC1(C)C. The number of amides is 2. The van der Waals surface area contributed by atoms with Crippen LogP contribution in [0.1, 0.15) is 13.8 Å². The molecule has 0 aromatic rings. The highest BCUT2D eigenvalue weighted by molar-refractivity contribution is 6.67. The Kier molecular flexibility index (Phi) is 5.11. The highest BCUT2D eigenvalue weighted by Gasteiger charge is 2.79. The Labute approximate surface area is 157 Å². The minimum atomic E-state index is -1.78. The van der Waals surface area contributed by atoms with Crippen LogP contribution in [0, 0.1) is 0 Å². The molecular weight excluding hydrogens is 410 g/mol. The fraction of sp³-hybridized carbons (Fsp3) is 0.750. The van der Waals surface area contributed by atoms with E-state index in [2.05, 4.69) is 14.8 Å². The van der Waals surface area contributed by atoms with E-state index in [-0.39, 0.29) is 0 Å². The predicted octanol–water partition coefficient (Wildman–Crippen LogP) is 1.54. The van der Waals surface area contributed by atoms with Crippen molar-refractivity contribution in [3.05, 3.63) is 0 Å². The fourth-order valence-corrected chi connectivity index (χ4v) is 3.01. The number of carbonyl (C=O) groups excluding carboxylic acids is 3. The summed E-state index contributed by atoms with van der Waals surface area (Å²) in [6.45, 7) is 2.71. The van der Waals surface area contributed by atoms with E-state index in [0.717, 1.165) is 4.90 Å². The van der Waals surface area contributed by atoms with Crippen LogP contribution in [0.3, 0.4) is 0 Å². The number of likely N-dealkylation sites (tertiary alicyclic amines) is 1. The smallest absolute Gasteiger partial charge is 0.408 e. The van der Waals surface area contributed by atoms with Gasteiger partial charge in [0.05, 0.1) is 7.11 Å². The van der Waals surface area contributed by atoms with Crippen LogP contribution in [0.15, 0.2) is 0 Å². The number of nitrogens with zero attached hydrogens (tertiary/aromatic N) is 1. The van der Waals surface area contributed by atoms with Crippen molar-refractivity contribution >= 4 is 64.4 Å². The molecule has 3 unspecified atom stereocenters. The number of alkyl carbamates (subject to hydrolysis) is 1. The van der Waals surface area contributed by atoms with Crippen LogP contribution in [0.5, 0.6) is 0 Å². The van der Waals surface area contributed by atoms with Crippen LogP contribution in [-0.4, -0.2) is 63.2 Å². The summed E-state index contributed by atoms with van der Waals surface area (Å²) < 4.78 is 12.9. The second-order valence-corrected chi connectivity index (χ2v) is 8.61. The molecule has 2 saturated heterocycles. The molecule has 2 aliphatic rings. The lowest BCUT2D eigenvalue weighted by atomic mass is 9.96. The van der Waals surface area contributed by atoms with Gasteiger partial charge in [-0.3, -0.25) is 9.69 Å². The molecule has 0 radical (unpaired) electrons. The van der Waals surface area contributed by atoms with Gasteiger partial charge in [-0.15, -0.1) is 0 Å². The number of alkyl halides is 4. The molecule has 2 aliphatic heterocycles. The summed E-state index contributed by atoms with van der Waals surface area (Å²) in [6, 6.07) is -1.11. The third kappa shape index (κ3) is 3.22. The van der Waals surface area contributed by atoms with Crippen molar-refractivity contribution in [2.45, 2.75) is 40.5 Å². The standard InChI is InChI=1S/C12H14Cl4N2O6/c1-10(2)12(24-10,8(20)22-3)18-6(13)5(7(18)19)17-9(21)23-4-11(14,15)16/h5-6H,4H2,1-3H3,(H,17,21). The third-order valence-electron chi connectivity index (χ3n) is 3.64. The molecule has 136 valence electrons. The molecule has 2 rings (SSSR count). The Morgan fingerprint density at radius 2 is 1.92 bits per heavy atom. The maximum absolute atomic E-state index is 12.3. The molecule has 8 nitrogen and oxygen atoms in total. The molecule has 0 aromatic heterocycles. The van der Waals surface area contributed by atoms with Crippen LogP contribution < -0.4 is 5.32 Å². The summed E-state index contributed by atoms with van der Waals surface area (Å²) in [6.07, 6.45) is -0.993. The van der Waals surface area contributed by atoms with E-state index in [9.17, 15) is 14.4 Å². The van der Waals surface area contributed by atoms with Gasteiger partial charge in [-0.25, -0.2) is 9.59 Å². The number of ether oxygens (including phenoxy) is 3. The number of rotatable bonds is 4. The molecule has 0 aliphatic carbocycles. The normalized spacial score (nSPS) is 31.1. The molecule has 3 atom stereocenters. The van der Waals surface area contributed by atoms with Gasteiger partial charge in [-0.05, 0) is 13.8 Å². The van der Waals surface area contributed by atoms with Gasteiger partial charge in [0.25, 0.3) is 11.6 Å². The van der Waals surface area contributed by atoms with E-state index in [1.54, 1.807) is 13.8 Å². The van der Waals surface area contributed by atoms with E-state index in [1.807, 2.05) is 0 Å². The Morgan fingerprint density at radius 1 is 1.38 bits per heavy atom. The lowest BCUT2D eigenvalue weighted by Crippen LogP contribution is -2.74. The Hall–Kier alpha value is -0.670. The van der Waals surface area contributed by atoms with Gasteiger partial charge in [0.1, 0.15) is 23.8 Å². The number of hydrogen-bond donors (Lipinski definition) is 1. The molecule has 24 heavy (non-hydrogen) atoms. The number of epoxide rings is 1. The monoisotopic (exact) mass is 422 g/mol. The first-order valence-electron chi connectivity index (χ1n) is 6.63. The summed E-state index contributed by atoms with van der Waals surface area (Å²) in [7, 11) is 1.17. The van der Waals surface area contributed by atoms with E-state index in [1.165, 1.54) is 7.11 Å². The molecule has 2 heterocycles. The number of methoxy groups -OCH3 is 1. The van der Waals surface area contributed by atoms with E-state index < -0.39 is 51.2 Å². The summed E-state index contributed by atoms with van der Waals surface area (Å²) in [5.74, 6) is -1.39. The third-order valence-corrected chi connectivity index (χ3v) is 4.42. The van der Waals surface area contributed by atoms with Gasteiger partial charge >= 0.3 is 12.1 Å². The maximum atomic E-state index is 12.3. The lowest BCUT2D eigenvalue weighted by Gasteiger charge is -2.46. The van der Waals surface area contributed by atoms with Crippen LogP contribution in [-0.2, 0) is 23.8 Å². The zero-order valence-electron chi connectivity index (χ0n) is 12.8. The molecule has 0 saturated carbocycles. The first-order valence-corrected chi connectivity index (χ1v) is 8.20. The average Bonchev–Trinajstić information content (AvgIpc) is 3.04. The van der Waals surface area contributed by atoms with Crippen molar-refractivity contribution in [1.29, 1.82) is 0 Å². The minimum absolute atomic E-state index is 0.511. The van der Waals surface area contributed by atoms with E-state index in [0.29, 0.717) is 0 Å². The molecule has 1 N–H and O–H groups in total. The Bertz CT molecular complexity index is 580. The van der Waals surface area contributed by atoms with Gasteiger partial charge in [0.15, 0.2) is 0 Å². The molecule has 2 fully saturated rings. The number of halogens is 4. The molecular formula is C12H14Cl4N2O6. The summed E-state index contributed by atoms with van der Waals surface area (Å²) in [5, 5.41) is 2.23. The van der Waals surface area contributed by atoms with Crippen LogP contribution in [0.2, 0.25) is 0 Å². The Balaban J connectivity index is 2.01. The predicted molar refractivity (Wildman–Crippen MR) is 85.0 cm³/mol. The molecule has 12 heteroatoms. The Morgan fingerprint density at radius 3 is 2.29 bits per heavy atom. The minimum Gasteiger partial charge on any atom is -0.465 e. The van der Waals surface area contributed by atoms with Crippen LogP contribution in [0.25, 0.3) is 0 Å². The zero-order valence-corrected chi connectivity index (χ0v) is 15.8. The van der Waals surface area contributed by atoms with Gasteiger partial charge in [-0.2, -0.15) is 0 Å². The number of β-lactam (4-membered cyclic amide) rings is 1. The van der Waals surface area contributed by atoms with Gasteiger partial charge in [0.2, 0.25) is 3.79 Å². The van der Waals surface area contributed by atoms with Crippen LogP contribution in [0.4, 0.5) is 4.79 Å². The van der Waals surface area contributed by atoms with Crippen molar-refractivity contribution in [1.82, 2.24) is 10.2 Å². The van der Waals surface area contributed by atoms with Crippen molar-refractivity contribution < 1.29 is 28.6 Å². The molecule has 0 aromatic carbocycles. The summed E-state index contributed by atoms with van der Waals surface area (Å²) >= 11 is 22.5. The number of nitrogens with one attached hydrogen (secondary N) is 1. The zero-order chi connectivity index (χ0) is 18.5. The van der Waals surface area contributed by atoms with Crippen LogP contribution >= 0.6 is 46.4 Å². The van der Waals surface area contributed by atoms with Crippen molar-refractivity contribution in [2.75, 3.05) is 13.7 Å². The van der Waals surface area contributed by atoms with Gasteiger partial charge in [-0.1, -0.05) is 46.4 Å². The summed E-state index contributed by atoms with van der Waals surface area (Å²) in [4.78, 5) is 37.0. The fourth-order valence-electron chi connectivity index (χ4n) is 2.44. The largest absolute Gasteiger partial charge is 0.465 e. The number of carbonyl (C=O) groups is 3. The lowest BCUT2D eigenvalue weighted by molar-refractivity contribution is -0.173. The summed E-state index contributed by atoms with van der Waals surface area (Å²) in [5.41, 5.74) is -3.63. The second kappa shape index (κ2) is 6.25. The average molecular weight is 424 g/mol.